The van der Waals surface area contributed by atoms with Crippen molar-refractivity contribution >= 4 is 17.9 Å². The molecule has 0 saturated carbocycles. The molecule has 21 heavy (non-hydrogen) atoms. The van der Waals surface area contributed by atoms with Crippen molar-refractivity contribution in [2.45, 2.75) is 12.8 Å². The van der Waals surface area contributed by atoms with E-state index >= 15 is 0 Å². The van der Waals surface area contributed by atoms with Crippen molar-refractivity contribution in [3.63, 3.8) is 0 Å². The van der Waals surface area contributed by atoms with E-state index in [1.165, 1.54) is 0 Å². The maximum atomic E-state index is 11.6. The predicted molar refractivity (Wildman–Crippen MR) is 71.5 cm³/mol. The van der Waals surface area contributed by atoms with E-state index < -0.39 is 23.3 Å². The van der Waals surface area contributed by atoms with Crippen molar-refractivity contribution in [3.8, 4) is 0 Å². The topological polar surface area (TPSA) is 140 Å². The lowest BCUT2D eigenvalue weighted by Gasteiger charge is -2.33. The van der Waals surface area contributed by atoms with E-state index in [4.69, 9.17) is 15.2 Å². The van der Waals surface area contributed by atoms with Gasteiger partial charge in [0.05, 0.1) is 12.0 Å². The maximum absolute atomic E-state index is 11.6. The fourth-order valence-corrected chi connectivity index (χ4v) is 1.95. The van der Waals surface area contributed by atoms with Crippen LogP contribution in [0.3, 0.4) is 0 Å². The highest BCUT2D eigenvalue weighted by Gasteiger charge is 2.40. The van der Waals surface area contributed by atoms with Crippen molar-refractivity contribution in [2.24, 2.45) is 11.1 Å². The minimum Gasteiger partial charge on any atom is -0.481 e. The Morgan fingerprint density at radius 1 is 1.24 bits per heavy atom. The molecule has 120 valence electrons. The second-order valence-corrected chi connectivity index (χ2v) is 4.83. The summed E-state index contributed by atoms with van der Waals surface area (Å²) in [6.07, 6.45) is 0.731. The Kier molecular flexibility index (Phi) is 6.89. The first-order valence-corrected chi connectivity index (χ1v) is 6.65. The summed E-state index contributed by atoms with van der Waals surface area (Å²) in [6, 6.07) is -0.482. The summed E-state index contributed by atoms with van der Waals surface area (Å²) in [4.78, 5) is 33.3. The predicted octanol–water partition coefficient (Wildman–Crippen LogP) is -1.33. The summed E-state index contributed by atoms with van der Waals surface area (Å²) in [5, 5.41) is 14.4. The number of hydrogen-bond donors (Lipinski definition) is 4. The summed E-state index contributed by atoms with van der Waals surface area (Å²) in [7, 11) is 0. The largest absolute Gasteiger partial charge is 0.481 e. The first kappa shape index (κ1) is 17.2. The molecule has 0 atom stereocenters. The Morgan fingerprint density at radius 3 is 2.48 bits per heavy atom. The van der Waals surface area contributed by atoms with Crippen LogP contribution in [0.2, 0.25) is 0 Å². The number of carbonyl (C=O) groups excluding carboxylic acids is 2. The van der Waals surface area contributed by atoms with Crippen LogP contribution >= 0.6 is 0 Å². The highest BCUT2D eigenvalue weighted by atomic mass is 16.5. The van der Waals surface area contributed by atoms with Gasteiger partial charge in [-0.05, 0) is 12.8 Å². The van der Waals surface area contributed by atoms with Crippen LogP contribution in [0, 0.1) is 5.41 Å². The van der Waals surface area contributed by atoms with Crippen LogP contribution in [0.1, 0.15) is 12.8 Å². The number of nitrogens with two attached hydrogens (primary N) is 1. The number of aliphatic carboxylic acids is 1. The number of carboxylic acids is 1. The summed E-state index contributed by atoms with van der Waals surface area (Å²) in [6.45, 7) is 0.925. The van der Waals surface area contributed by atoms with Crippen LogP contribution in [0.15, 0.2) is 0 Å². The van der Waals surface area contributed by atoms with Gasteiger partial charge in [0.15, 0.2) is 0 Å². The van der Waals surface area contributed by atoms with E-state index in [1.54, 1.807) is 0 Å². The first-order valence-electron chi connectivity index (χ1n) is 6.65. The quantitative estimate of drug-likeness (QED) is 0.409. The van der Waals surface area contributed by atoms with Gasteiger partial charge in [0.2, 0.25) is 5.91 Å². The summed E-state index contributed by atoms with van der Waals surface area (Å²) in [5.41, 5.74) is 3.90. The van der Waals surface area contributed by atoms with Gasteiger partial charge in [-0.3, -0.25) is 9.59 Å². The molecule has 1 saturated heterocycles. The molecule has 0 aromatic heterocycles. The molecular formula is C12H21N3O6. The van der Waals surface area contributed by atoms with Gasteiger partial charge in [-0.25, -0.2) is 4.79 Å². The number of amides is 3. The normalized spacial score (nSPS) is 17.0. The van der Waals surface area contributed by atoms with Crippen molar-refractivity contribution < 1.29 is 29.0 Å². The van der Waals surface area contributed by atoms with E-state index in [2.05, 4.69) is 10.6 Å². The highest BCUT2D eigenvalue weighted by molar-refractivity contribution is 5.78. The molecule has 1 heterocycles. The molecule has 1 fully saturated rings. The van der Waals surface area contributed by atoms with Gasteiger partial charge in [-0.2, -0.15) is 0 Å². The van der Waals surface area contributed by atoms with Crippen LogP contribution in [0.25, 0.3) is 0 Å². The molecule has 1 aliphatic rings. The highest BCUT2D eigenvalue weighted by Crippen LogP contribution is 2.29. The van der Waals surface area contributed by atoms with Gasteiger partial charge in [0.25, 0.3) is 0 Å². The number of urea groups is 1. The molecule has 5 N–H and O–H groups in total. The third kappa shape index (κ3) is 5.96. The smallest absolute Gasteiger partial charge is 0.314 e. The van der Waals surface area contributed by atoms with E-state index in [-0.39, 0.29) is 26.3 Å². The van der Waals surface area contributed by atoms with Gasteiger partial charge < -0.3 is 30.9 Å². The number of nitrogens with one attached hydrogen (secondary N) is 2. The monoisotopic (exact) mass is 303 g/mol. The lowest BCUT2D eigenvalue weighted by atomic mass is 9.80. The zero-order valence-electron chi connectivity index (χ0n) is 11.7. The van der Waals surface area contributed by atoms with Crippen LogP contribution in [0.4, 0.5) is 4.79 Å². The lowest BCUT2D eigenvalue weighted by Crippen LogP contribution is -2.49. The van der Waals surface area contributed by atoms with Gasteiger partial charge in [-0.1, -0.05) is 0 Å². The molecular weight excluding hydrogens is 282 g/mol. The Hall–Kier alpha value is -1.87. The molecule has 0 radical (unpaired) electrons. The van der Waals surface area contributed by atoms with Crippen molar-refractivity contribution in [3.05, 3.63) is 0 Å². The molecule has 0 aliphatic carbocycles. The fourth-order valence-electron chi connectivity index (χ4n) is 1.95. The Morgan fingerprint density at radius 2 is 1.90 bits per heavy atom. The SMILES string of the molecule is NC(=O)COCCNC(=O)NCC1(C(=O)O)CCOCC1. The molecule has 9 nitrogen and oxygen atoms in total. The number of ether oxygens (including phenoxy) is 2. The summed E-state index contributed by atoms with van der Waals surface area (Å²) < 4.78 is 10.0. The molecule has 0 spiro atoms. The standard InChI is InChI=1S/C12H21N3O6/c13-9(16)7-21-6-3-14-11(19)15-8-12(10(17)18)1-4-20-5-2-12/h1-8H2,(H2,13,16)(H,17,18)(H2,14,15,19). The number of primary amides is 1. The van der Waals surface area contributed by atoms with E-state index in [1.807, 2.05) is 0 Å². The molecule has 1 aliphatic heterocycles. The average Bonchev–Trinajstić information content (AvgIpc) is 2.45. The van der Waals surface area contributed by atoms with Gasteiger partial charge in [0.1, 0.15) is 6.61 Å². The summed E-state index contributed by atoms with van der Waals surface area (Å²) in [5.74, 6) is -1.52. The molecule has 0 unspecified atom stereocenters. The number of carboxylic acid groups (broad SMARTS) is 1. The van der Waals surface area contributed by atoms with Gasteiger partial charge in [-0.15, -0.1) is 0 Å². The zero-order chi connectivity index (χ0) is 15.7. The number of rotatable bonds is 8. The van der Waals surface area contributed by atoms with Crippen LogP contribution in [-0.2, 0) is 19.1 Å². The van der Waals surface area contributed by atoms with Crippen LogP contribution in [0.5, 0.6) is 0 Å². The molecule has 1 rings (SSSR count). The van der Waals surface area contributed by atoms with Crippen molar-refractivity contribution in [2.75, 3.05) is 39.5 Å². The number of carbonyl (C=O) groups is 3. The third-order valence-electron chi connectivity index (χ3n) is 3.27. The van der Waals surface area contributed by atoms with Crippen molar-refractivity contribution in [1.29, 1.82) is 0 Å². The molecule has 3 amide bonds. The van der Waals surface area contributed by atoms with Crippen LogP contribution in [-0.4, -0.2) is 62.5 Å². The minimum atomic E-state index is -0.974. The zero-order valence-corrected chi connectivity index (χ0v) is 11.7. The Balaban J connectivity index is 2.24. The summed E-state index contributed by atoms with van der Waals surface area (Å²) >= 11 is 0. The van der Waals surface area contributed by atoms with Gasteiger partial charge in [0, 0.05) is 26.3 Å². The second kappa shape index (κ2) is 8.42. The van der Waals surface area contributed by atoms with E-state index in [9.17, 15) is 19.5 Å². The van der Waals surface area contributed by atoms with Crippen LogP contribution < -0.4 is 16.4 Å². The number of hydrogen-bond acceptors (Lipinski definition) is 5. The second-order valence-electron chi connectivity index (χ2n) is 4.83. The molecule has 0 aromatic rings. The molecule has 0 aromatic carbocycles. The van der Waals surface area contributed by atoms with Gasteiger partial charge >= 0.3 is 12.0 Å². The average molecular weight is 303 g/mol. The minimum absolute atomic E-state index is 0.0413. The first-order chi connectivity index (χ1) is 9.96. The van der Waals surface area contributed by atoms with E-state index in [0.717, 1.165) is 0 Å². The lowest BCUT2D eigenvalue weighted by molar-refractivity contribution is -0.154. The third-order valence-corrected chi connectivity index (χ3v) is 3.27. The Labute approximate surface area is 122 Å². The maximum Gasteiger partial charge on any atom is 0.314 e. The fraction of sp³-hybridized carbons (Fsp3) is 0.750. The molecule has 0 bridgehead atoms. The molecule has 9 heteroatoms. The van der Waals surface area contributed by atoms with Crippen molar-refractivity contribution in [1.82, 2.24) is 10.6 Å². The Bertz CT molecular complexity index is 381. The van der Waals surface area contributed by atoms with E-state index in [0.29, 0.717) is 26.1 Å².